The first-order valence-electron chi connectivity index (χ1n) is 36.7. The Hall–Kier alpha value is -1.94. The average molecular weight is 1330 g/mol. The van der Waals surface area contributed by atoms with Gasteiger partial charge in [0, 0.05) is 25.7 Å². The van der Waals surface area contributed by atoms with Crippen molar-refractivity contribution in [1.29, 1.82) is 0 Å². The normalized spacial score (nSPS) is 14.6. The van der Waals surface area contributed by atoms with E-state index in [1.54, 1.807) is 0 Å². The van der Waals surface area contributed by atoms with Crippen LogP contribution in [0.3, 0.4) is 0 Å². The number of esters is 4. The highest BCUT2D eigenvalue weighted by molar-refractivity contribution is 7.47. The maximum absolute atomic E-state index is 13.0. The molecular formula is C71H138O17P2. The van der Waals surface area contributed by atoms with Crippen LogP contribution in [0.5, 0.6) is 0 Å². The van der Waals surface area contributed by atoms with E-state index in [1.807, 2.05) is 0 Å². The molecule has 0 saturated heterocycles. The van der Waals surface area contributed by atoms with Crippen LogP contribution in [0.25, 0.3) is 0 Å². The van der Waals surface area contributed by atoms with Crippen molar-refractivity contribution in [3.05, 3.63) is 0 Å². The minimum absolute atomic E-state index is 0.102. The highest BCUT2D eigenvalue weighted by atomic mass is 31.2. The standard InChI is InChI=1S/C71H138O17P2/c1-9-64(8)50-42-34-26-19-21-29-37-45-53-70(75)87-66(57-81-68(73)51-43-35-27-17-15-13-11-10-12-14-16-23-31-39-47-61(2)3)59-85-89(77,78)83-55-65(72)56-84-90(79,80)86-60-67(88-71(76)54-46-38-30-22-25-33-41-49-63(6)7)58-82-69(74)52-44-36-28-20-18-24-32-40-48-62(4)5/h61-67,72H,9-60H2,1-8H3,(H,77,78)(H,79,80)/t64?,65?,66-,67-/m1/s1. The number of aliphatic hydroxyl groups excluding tert-OH is 1. The van der Waals surface area contributed by atoms with Crippen molar-refractivity contribution in [2.24, 2.45) is 23.7 Å². The van der Waals surface area contributed by atoms with Gasteiger partial charge in [0.1, 0.15) is 19.3 Å². The lowest BCUT2D eigenvalue weighted by Gasteiger charge is -2.21. The first-order chi connectivity index (χ1) is 43.1. The summed E-state index contributed by atoms with van der Waals surface area (Å²) in [7, 11) is -9.90. The van der Waals surface area contributed by atoms with Crippen LogP contribution in [0.2, 0.25) is 0 Å². The zero-order valence-electron chi connectivity index (χ0n) is 58.8. The molecule has 0 heterocycles. The molecule has 0 fully saturated rings. The van der Waals surface area contributed by atoms with Crippen molar-refractivity contribution >= 4 is 39.5 Å². The second-order valence-electron chi connectivity index (χ2n) is 27.3. The van der Waals surface area contributed by atoms with Crippen LogP contribution in [0.4, 0.5) is 0 Å². The third-order valence-corrected chi connectivity index (χ3v) is 18.6. The molecule has 534 valence electrons. The van der Waals surface area contributed by atoms with E-state index in [2.05, 4.69) is 55.4 Å². The first kappa shape index (κ1) is 88.1. The fourth-order valence-electron chi connectivity index (χ4n) is 10.6. The van der Waals surface area contributed by atoms with Crippen LogP contribution in [0, 0.1) is 23.7 Å². The minimum atomic E-state index is -4.95. The molecule has 0 aliphatic heterocycles. The van der Waals surface area contributed by atoms with Gasteiger partial charge in [-0.25, -0.2) is 9.13 Å². The van der Waals surface area contributed by atoms with Crippen molar-refractivity contribution in [1.82, 2.24) is 0 Å². The summed E-state index contributed by atoms with van der Waals surface area (Å²) >= 11 is 0. The molecule has 17 nitrogen and oxygen atoms in total. The molecule has 0 spiro atoms. The van der Waals surface area contributed by atoms with Crippen molar-refractivity contribution < 1.29 is 80.2 Å². The van der Waals surface area contributed by atoms with Gasteiger partial charge in [-0.1, -0.05) is 299 Å². The number of hydrogen-bond acceptors (Lipinski definition) is 15. The zero-order chi connectivity index (χ0) is 66.8. The number of carbonyl (C=O) groups is 4. The van der Waals surface area contributed by atoms with Gasteiger partial charge >= 0.3 is 39.5 Å². The molecule has 0 bridgehead atoms. The SMILES string of the molecule is CCC(C)CCCCCCCCCCC(=O)O[C@H](COC(=O)CCCCCCCCCCCCCCCCC(C)C)COP(=O)(O)OCC(O)COP(=O)(O)OC[C@@H](COC(=O)CCCCCCCCCCC(C)C)OC(=O)CCCCCCCCCC(C)C. The smallest absolute Gasteiger partial charge is 0.462 e. The number of carbonyl (C=O) groups excluding carboxylic acids is 4. The molecule has 19 heteroatoms. The Morgan fingerprint density at radius 3 is 0.789 bits per heavy atom. The van der Waals surface area contributed by atoms with Crippen LogP contribution in [0.1, 0.15) is 351 Å². The Balaban J connectivity index is 5.23. The number of rotatable bonds is 68. The monoisotopic (exact) mass is 1320 g/mol. The maximum Gasteiger partial charge on any atom is 0.472 e. The zero-order valence-corrected chi connectivity index (χ0v) is 60.6. The second kappa shape index (κ2) is 60.7. The van der Waals surface area contributed by atoms with Crippen molar-refractivity contribution in [3.8, 4) is 0 Å². The van der Waals surface area contributed by atoms with Crippen molar-refractivity contribution in [3.63, 3.8) is 0 Å². The molecule has 4 unspecified atom stereocenters. The number of ether oxygens (including phenoxy) is 4. The molecule has 0 aliphatic rings. The van der Waals surface area contributed by atoms with Crippen LogP contribution >= 0.6 is 15.6 Å². The van der Waals surface area contributed by atoms with Gasteiger partial charge in [0.25, 0.3) is 0 Å². The third kappa shape index (κ3) is 63.5. The predicted octanol–water partition coefficient (Wildman–Crippen LogP) is 20.1. The quantitative estimate of drug-likeness (QED) is 0.0222. The van der Waals surface area contributed by atoms with Crippen LogP contribution in [-0.4, -0.2) is 96.7 Å². The van der Waals surface area contributed by atoms with E-state index in [9.17, 15) is 43.2 Å². The van der Waals surface area contributed by atoms with Crippen LogP contribution in [0.15, 0.2) is 0 Å². The Morgan fingerprint density at radius 1 is 0.311 bits per heavy atom. The number of phosphoric acid groups is 2. The highest BCUT2D eigenvalue weighted by Gasteiger charge is 2.30. The molecule has 0 aliphatic carbocycles. The van der Waals surface area contributed by atoms with Crippen molar-refractivity contribution in [2.75, 3.05) is 39.6 Å². The minimum Gasteiger partial charge on any atom is -0.462 e. The molecule has 6 atom stereocenters. The first-order valence-corrected chi connectivity index (χ1v) is 39.7. The van der Waals surface area contributed by atoms with Crippen molar-refractivity contribution in [2.45, 2.75) is 369 Å². The number of aliphatic hydroxyl groups is 1. The molecule has 0 aromatic rings. The van der Waals surface area contributed by atoms with Gasteiger partial charge < -0.3 is 33.8 Å². The van der Waals surface area contributed by atoms with Gasteiger partial charge in [-0.05, 0) is 49.4 Å². The maximum atomic E-state index is 13.0. The van der Waals surface area contributed by atoms with Gasteiger partial charge in [-0.3, -0.25) is 37.3 Å². The van der Waals surface area contributed by atoms with E-state index in [0.717, 1.165) is 108 Å². The fourth-order valence-corrected chi connectivity index (χ4v) is 12.2. The van der Waals surface area contributed by atoms with E-state index >= 15 is 0 Å². The Labute approximate surface area is 549 Å². The topological polar surface area (TPSA) is 237 Å². The number of hydrogen-bond donors (Lipinski definition) is 3. The largest absolute Gasteiger partial charge is 0.472 e. The Bertz CT molecular complexity index is 1780. The molecule has 0 aromatic carbocycles. The molecule has 0 rings (SSSR count). The summed E-state index contributed by atoms with van der Waals surface area (Å²) in [4.78, 5) is 72.5. The van der Waals surface area contributed by atoms with Gasteiger partial charge in [0.05, 0.1) is 26.4 Å². The van der Waals surface area contributed by atoms with E-state index in [1.165, 1.54) is 154 Å². The Morgan fingerprint density at radius 2 is 0.533 bits per heavy atom. The molecule has 0 radical (unpaired) electrons. The van der Waals surface area contributed by atoms with Gasteiger partial charge in [-0.2, -0.15) is 0 Å². The molecule has 90 heavy (non-hydrogen) atoms. The predicted molar refractivity (Wildman–Crippen MR) is 363 cm³/mol. The highest BCUT2D eigenvalue weighted by Crippen LogP contribution is 2.45. The average Bonchev–Trinajstić information content (AvgIpc) is 3.50. The summed E-state index contributed by atoms with van der Waals surface area (Å²) in [6.07, 6.45) is 43.2. The van der Waals surface area contributed by atoms with Gasteiger partial charge in [0.2, 0.25) is 0 Å². The summed E-state index contributed by atoms with van der Waals surface area (Å²) in [5.74, 6) is 0.859. The summed E-state index contributed by atoms with van der Waals surface area (Å²) in [6, 6.07) is 0. The summed E-state index contributed by atoms with van der Waals surface area (Å²) in [5, 5.41) is 10.6. The van der Waals surface area contributed by atoms with Gasteiger partial charge in [-0.15, -0.1) is 0 Å². The Kier molecular flexibility index (Phi) is 59.4. The van der Waals surface area contributed by atoms with Crippen LogP contribution in [-0.2, 0) is 65.4 Å². The third-order valence-electron chi connectivity index (χ3n) is 16.7. The van der Waals surface area contributed by atoms with E-state index in [4.69, 9.17) is 37.0 Å². The summed E-state index contributed by atoms with van der Waals surface area (Å²) in [6.45, 7) is 14.1. The number of phosphoric ester groups is 2. The van der Waals surface area contributed by atoms with Gasteiger partial charge in [0.15, 0.2) is 12.2 Å². The molecule has 0 saturated carbocycles. The van der Waals surface area contributed by atoms with E-state index in [0.29, 0.717) is 31.6 Å². The van der Waals surface area contributed by atoms with E-state index < -0.39 is 97.5 Å². The van der Waals surface area contributed by atoms with E-state index in [-0.39, 0.29) is 25.7 Å². The lowest BCUT2D eigenvalue weighted by Crippen LogP contribution is -2.30. The van der Waals surface area contributed by atoms with Crippen LogP contribution < -0.4 is 0 Å². The lowest BCUT2D eigenvalue weighted by atomic mass is 9.99. The molecular weight excluding hydrogens is 1190 g/mol. The lowest BCUT2D eigenvalue weighted by molar-refractivity contribution is -0.161. The number of unbranched alkanes of at least 4 members (excludes halogenated alkanes) is 33. The molecule has 0 aromatic heterocycles. The molecule has 0 amide bonds. The summed E-state index contributed by atoms with van der Waals surface area (Å²) in [5.41, 5.74) is 0. The fraction of sp³-hybridized carbons (Fsp3) is 0.944. The molecule has 3 N–H and O–H groups in total. The summed E-state index contributed by atoms with van der Waals surface area (Å²) < 4.78 is 68.3. The second-order valence-corrected chi connectivity index (χ2v) is 30.2.